The summed E-state index contributed by atoms with van der Waals surface area (Å²) in [6, 6.07) is 5.70. The molecule has 1 aliphatic rings. The number of hydrogen-bond donors (Lipinski definition) is 1. The molecule has 1 aliphatic heterocycles. The molecule has 1 aromatic rings. The Labute approximate surface area is 96.3 Å². The van der Waals surface area contributed by atoms with Crippen molar-refractivity contribution in [2.75, 3.05) is 17.3 Å². The fourth-order valence-electron chi connectivity index (χ4n) is 1.38. The van der Waals surface area contributed by atoms with Crippen molar-refractivity contribution in [1.29, 1.82) is 0 Å². The highest BCUT2D eigenvalue weighted by molar-refractivity contribution is 9.09. The molecule has 15 heavy (non-hydrogen) atoms. The SMILES string of the molecule is O=C1COc2cc(C=CCBr)ccc2N1. The van der Waals surface area contributed by atoms with Gasteiger partial charge in [0, 0.05) is 5.33 Å². The molecule has 0 saturated heterocycles. The van der Waals surface area contributed by atoms with Crippen LogP contribution in [0.2, 0.25) is 0 Å². The Hall–Kier alpha value is -1.29. The summed E-state index contributed by atoms with van der Waals surface area (Å²) in [5, 5.41) is 3.57. The van der Waals surface area contributed by atoms with E-state index < -0.39 is 0 Å². The molecule has 0 unspecified atom stereocenters. The molecule has 4 heteroatoms. The van der Waals surface area contributed by atoms with Gasteiger partial charge in [-0.25, -0.2) is 0 Å². The second-order valence-electron chi connectivity index (χ2n) is 3.15. The molecule has 0 radical (unpaired) electrons. The average Bonchev–Trinajstić information content (AvgIpc) is 2.26. The third-order valence-corrected chi connectivity index (χ3v) is 2.41. The molecule has 0 spiro atoms. The second kappa shape index (κ2) is 4.49. The van der Waals surface area contributed by atoms with E-state index in [2.05, 4.69) is 21.2 Å². The van der Waals surface area contributed by atoms with Crippen LogP contribution in [0.3, 0.4) is 0 Å². The van der Waals surface area contributed by atoms with Crippen LogP contribution in [-0.4, -0.2) is 17.8 Å². The summed E-state index contributed by atoms with van der Waals surface area (Å²) in [7, 11) is 0. The number of benzene rings is 1. The molecule has 0 aromatic heterocycles. The van der Waals surface area contributed by atoms with E-state index in [1.807, 2.05) is 30.4 Å². The van der Waals surface area contributed by atoms with Crippen LogP contribution < -0.4 is 10.1 Å². The zero-order valence-electron chi connectivity index (χ0n) is 8.00. The number of alkyl halides is 1. The largest absolute Gasteiger partial charge is 0.482 e. The Morgan fingerprint density at radius 2 is 2.40 bits per heavy atom. The van der Waals surface area contributed by atoms with Crippen LogP contribution >= 0.6 is 15.9 Å². The number of anilines is 1. The molecule has 0 saturated carbocycles. The molecule has 2 rings (SSSR count). The number of rotatable bonds is 2. The van der Waals surface area contributed by atoms with Crippen molar-refractivity contribution in [2.24, 2.45) is 0 Å². The predicted molar refractivity (Wildman–Crippen MR) is 63.4 cm³/mol. The number of allylic oxidation sites excluding steroid dienone is 1. The molecular formula is C11H10BrNO2. The van der Waals surface area contributed by atoms with Crippen LogP contribution in [0, 0.1) is 0 Å². The van der Waals surface area contributed by atoms with E-state index in [-0.39, 0.29) is 12.5 Å². The third kappa shape index (κ3) is 2.39. The van der Waals surface area contributed by atoms with Gasteiger partial charge < -0.3 is 10.1 Å². The van der Waals surface area contributed by atoms with Crippen molar-refractivity contribution in [3.63, 3.8) is 0 Å². The van der Waals surface area contributed by atoms with Crippen LogP contribution in [0.5, 0.6) is 5.75 Å². The fourth-order valence-corrected chi connectivity index (χ4v) is 1.56. The Balaban J connectivity index is 2.26. The highest BCUT2D eigenvalue weighted by Crippen LogP contribution is 2.28. The van der Waals surface area contributed by atoms with Gasteiger partial charge in [0.1, 0.15) is 5.75 Å². The van der Waals surface area contributed by atoms with Crippen LogP contribution in [0.1, 0.15) is 5.56 Å². The molecule has 1 amide bonds. The normalized spacial score (nSPS) is 14.6. The first-order chi connectivity index (χ1) is 7.29. The monoisotopic (exact) mass is 267 g/mol. The first kappa shape index (κ1) is 10.2. The van der Waals surface area contributed by atoms with E-state index in [4.69, 9.17) is 4.74 Å². The van der Waals surface area contributed by atoms with Crippen molar-refractivity contribution >= 4 is 33.6 Å². The first-order valence-corrected chi connectivity index (χ1v) is 5.71. The highest BCUT2D eigenvalue weighted by atomic mass is 79.9. The number of carbonyl (C=O) groups is 1. The Bertz CT molecular complexity index is 415. The molecule has 0 atom stereocenters. The van der Waals surface area contributed by atoms with Crippen molar-refractivity contribution in [3.05, 3.63) is 29.8 Å². The maximum atomic E-state index is 11.0. The highest BCUT2D eigenvalue weighted by Gasteiger charge is 2.15. The van der Waals surface area contributed by atoms with Crippen molar-refractivity contribution < 1.29 is 9.53 Å². The van der Waals surface area contributed by atoms with Gasteiger partial charge in [0.05, 0.1) is 5.69 Å². The maximum Gasteiger partial charge on any atom is 0.262 e. The molecular weight excluding hydrogens is 258 g/mol. The first-order valence-electron chi connectivity index (χ1n) is 4.59. The summed E-state index contributed by atoms with van der Waals surface area (Å²) in [5.41, 5.74) is 1.80. The molecule has 0 bridgehead atoms. The van der Waals surface area contributed by atoms with E-state index in [9.17, 15) is 4.79 Å². The minimum absolute atomic E-state index is 0.0958. The van der Waals surface area contributed by atoms with E-state index in [1.54, 1.807) is 0 Å². The average molecular weight is 268 g/mol. The Kier molecular flexibility index (Phi) is 3.06. The van der Waals surface area contributed by atoms with Gasteiger partial charge in [-0.2, -0.15) is 0 Å². The molecule has 1 N–H and O–H groups in total. The van der Waals surface area contributed by atoms with Crippen LogP contribution in [-0.2, 0) is 4.79 Å². The number of nitrogens with one attached hydrogen (secondary N) is 1. The summed E-state index contributed by atoms with van der Waals surface area (Å²) in [6.45, 7) is 0.0958. The molecule has 0 aliphatic carbocycles. The van der Waals surface area contributed by atoms with Gasteiger partial charge in [0.25, 0.3) is 5.91 Å². The number of carbonyl (C=O) groups excluding carboxylic acids is 1. The zero-order valence-corrected chi connectivity index (χ0v) is 9.58. The van der Waals surface area contributed by atoms with E-state index >= 15 is 0 Å². The summed E-state index contributed by atoms with van der Waals surface area (Å²) in [5.74, 6) is 0.623. The van der Waals surface area contributed by atoms with Gasteiger partial charge >= 0.3 is 0 Å². The standard InChI is InChI=1S/C11H10BrNO2/c12-5-1-2-8-3-4-9-10(6-8)15-7-11(14)13-9/h1-4,6H,5,7H2,(H,13,14). The molecule has 3 nitrogen and oxygen atoms in total. The van der Waals surface area contributed by atoms with Gasteiger partial charge in [-0.15, -0.1) is 0 Å². The van der Waals surface area contributed by atoms with Gasteiger partial charge in [0.15, 0.2) is 6.61 Å². The molecule has 1 aromatic carbocycles. The van der Waals surface area contributed by atoms with Crippen molar-refractivity contribution in [3.8, 4) is 5.75 Å². The lowest BCUT2D eigenvalue weighted by atomic mass is 10.1. The topological polar surface area (TPSA) is 38.3 Å². The van der Waals surface area contributed by atoms with Gasteiger partial charge in [0.2, 0.25) is 0 Å². The number of hydrogen-bond acceptors (Lipinski definition) is 2. The van der Waals surface area contributed by atoms with Crippen LogP contribution in [0.4, 0.5) is 5.69 Å². The Morgan fingerprint density at radius 3 is 3.20 bits per heavy atom. The van der Waals surface area contributed by atoms with E-state index in [1.165, 1.54) is 0 Å². The van der Waals surface area contributed by atoms with E-state index in [0.717, 1.165) is 22.3 Å². The van der Waals surface area contributed by atoms with Crippen molar-refractivity contribution in [1.82, 2.24) is 0 Å². The number of fused-ring (bicyclic) bond motifs is 1. The van der Waals surface area contributed by atoms with Gasteiger partial charge in [-0.1, -0.05) is 34.1 Å². The quantitative estimate of drug-likeness (QED) is 0.836. The fraction of sp³-hybridized carbons (Fsp3) is 0.182. The molecule has 1 heterocycles. The van der Waals surface area contributed by atoms with Gasteiger partial charge in [-0.3, -0.25) is 4.79 Å². The zero-order chi connectivity index (χ0) is 10.7. The minimum atomic E-state index is -0.105. The molecule has 0 fully saturated rings. The predicted octanol–water partition coefficient (Wildman–Crippen LogP) is 2.43. The second-order valence-corrected chi connectivity index (χ2v) is 3.80. The summed E-state index contributed by atoms with van der Waals surface area (Å²) >= 11 is 3.31. The summed E-state index contributed by atoms with van der Waals surface area (Å²) < 4.78 is 5.30. The number of amides is 1. The maximum absolute atomic E-state index is 11.0. The minimum Gasteiger partial charge on any atom is -0.482 e. The molecule has 78 valence electrons. The van der Waals surface area contributed by atoms with E-state index in [0.29, 0.717) is 0 Å². The van der Waals surface area contributed by atoms with Crippen molar-refractivity contribution in [2.45, 2.75) is 0 Å². The van der Waals surface area contributed by atoms with Crippen LogP contribution in [0.15, 0.2) is 24.3 Å². The van der Waals surface area contributed by atoms with Crippen LogP contribution in [0.25, 0.3) is 6.08 Å². The number of halogens is 1. The summed E-state index contributed by atoms with van der Waals surface area (Å²) in [6.07, 6.45) is 4.00. The lowest BCUT2D eigenvalue weighted by Gasteiger charge is -2.17. The summed E-state index contributed by atoms with van der Waals surface area (Å²) in [4.78, 5) is 11.0. The lowest BCUT2D eigenvalue weighted by molar-refractivity contribution is -0.118. The smallest absolute Gasteiger partial charge is 0.262 e. The number of ether oxygens (including phenoxy) is 1. The van der Waals surface area contributed by atoms with Gasteiger partial charge in [-0.05, 0) is 17.7 Å². The Morgan fingerprint density at radius 1 is 1.53 bits per heavy atom. The third-order valence-electron chi connectivity index (χ3n) is 2.04. The lowest BCUT2D eigenvalue weighted by Crippen LogP contribution is -2.25.